The predicted molar refractivity (Wildman–Crippen MR) is 78.8 cm³/mol. The molecule has 0 aliphatic carbocycles. The molecule has 2 aromatic rings. The quantitative estimate of drug-likeness (QED) is 0.877. The van der Waals surface area contributed by atoms with Crippen LogP contribution in [0.3, 0.4) is 0 Å². The summed E-state index contributed by atoms with van der Waals surface area (Å²) < 4.78 is 5.47. The van der Waals surface area contributed by atoms with Gasteiger partial charge in [-0.3, -0.25) is 9.78 Å². The van der Waals surface area contributed by atoms with Crippen LogP contribution in [0.1, 0.15) is 19.0 Å². The van der Waals surface area contributed by atoms with Crippen molar-refractivity contribution in [3.8, 4) is 5.75 Å². The zero-order valence-corrected chi connectivity index (χ0v) is 11.5. The highest BCUT2D eigenvalue weighted by Gasteiger charge is 2.07. The Hall–Kier alpha value is -2.36. The van der Waals surface area contributed by atoms with Crippen molar-refractivity contribution in [3.63, 3.8) is 0 Å². The van der Waals surface area contributed by atoms with Gasteiger partial charge in [0, 0.05) is 18.3 Å². The van der Waals surface area contributed by atoms with Gasteiger partial charge in [0.1, 0.15) is 5.75 Å². The van der Waals surface area contributed by atoms with Gasteiger partial charge >= 0.3 is 0 Å². The van der Waals surface area contributed by atoms with Gasteiger partial charge in [-0.1, -0.05) is 18.2 Å². The molecule has 4 nitrogen and oxygen atoms in total. The first-order valence-corrected chi connectivity index (χ1v) is 6.71. The van der Waals surface area contributed by atoms with E-state index in [9.17, 15) is 4.79 Å². The third-order valence-electron chi connectivity index (χ3n) is 2.80. The molecule has 0 radical (unpaired) electrons. The largest absolute Gasteiger partial charge is 0.492 e. The Balaban J connectivity index is 1.91. The number of anilines is 1. The number of pyridine rings is 1. The van der Waals surface area contributed by atoms with Gasteiger partial charge in [0.2, 0.25) is 5.91 Å². The first-order chi connectivity index (χ1) is 9.79. The van der Waals surface area contributed by atoms with Crippen LogP contribution in [-0.2, 0) is 11.2 Å². The molecule has 2 rings (SSSR count). The van der Waals surface area contributed by atoms with Gasteiger partial charge in [0.05, 0.1) is 12.3 Å². The van der Waals surface area contributed by atoms with E-state index in [1.165, 1.54) is 0 Å². The predicted octanol–water partition coefficient (Wildman–Crippen LogP) is 3.05. The van der Waals surface area contributed by atoms with E-state index in [1.54, 1.807) is 6.20 Å². The van der Waals surface area contributed by atoms with Crippen molar-refractivity contribution in [1.82, 2.24) is 4.98 Å². The lowest BCUT2D eigenvalue weighted by Crippen LogP contribution is -2.13. The highest BCUT2D eigenvalue weighted by atomic mass is 16.5. The summed E-state index contributed by atoms with van der Waals surface area (Å²) in [5.74, 6) is 0.656. The van der Waals surface area contributed by atoms with Gasteiger partial charge in [-0.2, -0.15) is 0 Å². The highest BCUT2D eigenvalue weighted by molar-refractivity contribution is 5.92. The first-order valence-electron chi connectivity index (χ1n) is 6.71. The van der Waals surface area contributed by atoms with Crippen LogP contribution >= 0.6 is 0 Å². The fourth-order valence-corrected chi connectivity index (χ4v) is 1.85. The number of rotatable bonds is 6. The van der Waals surface area contributed by atoms with Crippen molar-refractivity contribution in [2.75, 3.05) is 11.9 Å². The molecule has 1 aromatic heterocycles. The number of benzene rings is 1. The second-order valence-corrected chi connectivity index (χ2v) is 4.30. The maximum Gasteiger partial charge on any atom is 0.224 e. The van der Waals surface area contributed by atoms with E-state index in [-0.39, 0.29) is 5.91 Å². The SMILES string of the molecule is CCOc1ccccc1NC(=O)CCc1ccccn1. The molecule has 0 spiro atoms. The van der Waals surface area contributed by atoms with Crippen molar-refractivity contribution in [3.05, 3.63) is 54.4 Å². The van der Waals surface area contributed by atoms with E-state index in [1.807, 2.05) is 49.4 Å². The summed E-state index contributed by atoms with van der Waals surface area (Å²) in [4.78, 5) is 16.1. The zero-order chi connectivity index (χ0) is 14.2. The third kappa shape index (κ3) is 4.09. The van der Waals surface area contributed by atoms with Gasteiger partial charge in [-0.15, -0.1) is 0 Å². The standard InChI is InChI=1S/C16H18N2O2/c1-2-20-15-9-4-3-8-14(15)18-16(19)11-10-13-7-5-6-12-17-13/h3-9,12H,2,10-11H2,1H3,(H,18,19). The third-order valence-corrected chi connectivity index (χ3v) is 2.80. The Morgan fingerprint density at radius 3 is 2.75 bits per heavy atom. The summed E-state index contributed by atoms with van der Waals surface area (Å²) in [6.07, 6.45) is 2.76. The molecule has 0 aliphatic rings. The Kier molecular flexibility index (Phi) is 5.12. The molecule has 1 heterocycles. The number of hydrogen-bond acceptors (Lipinski definition) is 3. The van der Waals surface area contributed by atoms with Crippen molar-refractivity contribution < 1.29 is 9.53 Å². The van der Waals surface area contributed by atoms with Gasteiger partial charge in [0.15, 0.2) is 0 Å². The van der Waals surface area contributed by atoms with E-state index in [2.05, 4.69) is 10.3 Å². The van der Waals surface area contributed by atoms with Crippen LogP contribution in [0.5, 0.6) is 5.75 Å². The molecule has 0 saturated carbocycles. The number of ether oxygens (including phenoxy) is 1. The number of carbonyl (C=O) groups is 1. The first kappa shape index (κ1) is 14.1. The monoisotopic (exact) mass is 270 g/mol. The minimum absolute atomic E-state index is 0.0391. The zero-order valence-electron chi connectivity index (χ0n) is 11.5. The number of hydrogen-bond donors (Lipinski definition) is 1. The average Bonchev–Trinajstić information content (AvgIpc) is 2.49. The highest BCUT2D eigenvalue weighted by Crippen LogP contribution is 2.23. The van der Waals surface area contributed by atoms with Crippen LogP contribution in [0.25, 0.3) is 0 Å². The second kappa shape index (κ2) is 7.28. The number of nitrogens with one attached hydrogen (secondary N) is 1. The molecule has 4 heteroatoms. The molecule has 0 aliphatic heterocycles. The number of para-hydroxylation sites is 2. The number of nitrogens with zero attached hydrogens (tertiary/aromatic N) is 1. The lowest BCUT2D eigenvalue weighted by Gasteiger charge is -2.11. The van der Waals surface area contributed by atoms with Crippen LogP contribution < -0.4 is 10.1 Å². The van der Waals surface area contributed by atoms with Crippen molar-refractivity contribution >= 4 is 11.6 Å². The van der Waals surface area contributed by atoms with Crippen molar-refractivity contribution in [2.24, 2.45) is 0 Å². The Bertz CT molecular complexity index is 555. The van der Waals surface area contributed by atoms with E-state index >= 15 is 0 Å². The molecule has 0 atom stereocenters. The van der Waals surface area contributed by atoms with Gasteiger partial charge < -0.3 is 10.1 Å². The number of aryl methyl sites for hydroxylation is 1. The normalized spacial score (nSPS) is 10.1. The number of carbonyl (C=O) groups excluding carboxylic acids is 1. The van der Waals surface area contributed by atoms with Crippen LogP contribution in [0.4, 0.5) is 5.69 Å². The molecule has 20 heavy (non-hydrogen) atoms. The molecule has 0 saturated heterocycles. The fourth-order valence-electron chi connectivity index (χ4n) is 1.85. The molecule has 1 N–H and O–H groups in total. The Labute approximate surface area is 118 Å². The molecular weight excluding hydrogens is 252 g/mol. The smallest absolute Gasteiger partial charge is 0.224 e. The summed E-state index contributed by atoms with van der Waals surface area (Å²) in [7, 11) is 0. The van der Waals surface area contributed by atoms with Crippen molar-refractivity contribution in [2.45, 2.75) is 19.8 Å². The molecule has 0 bridgehead atoms. The van der Waals surface area contributed by atoms with E-state index in [0.717, 1.165) is 5.69 Å². The molecule has 0 fully saturated rings. The van der Waals surface area contributed by atoms with E-state index < -0.39 is 0 Å². The van der Waals surface area contributed by atoms with Crippen LogP contribution in [0.2, 0.25) is 0 Å². The fraction of sp³-hybridized carbons (Fsp3) is 0.250. The summed E-state index contributed by atoms with van der Waals surface area (Å²) >= 11 is 0. The lowest BCUT2D eigenvalue weighted by atomic mass is 10.2. The summed E-state index contributed by atoms with van der Waals surface area (Å²) in [5, 5.41) is 2.87. The van der Waals surface area contributed by atoms with Crippen molar-refractivity contribution in [1.29, 1.82) is 0 Å². The molecule has 1 amide bonds. The Morgan fingerprint density at radius 2 is 2.00 bits per heavy atom. The molecular formula is C16H18N2O2. The van der Waals surface area contributed by atoms with E-state index in [0.29, 0.717) is 30.9 Å². The van der Waals surface area contributed by atoms with Crippen LogP contribution in [0.15, 0.2) is 48.7 Å². The topological polar surface area (TPSA) is 51.2 Å². The summed E-state index contributed by atoms with van der Waals surface area (Å²) in [6.45, 7) is 2.49. The minimum Gasteiger partial charge on any atom is -0.492 e. The molecule has 0 unspecified atom stereocenters. The molecule has 1 aromatic carbocycles. The number of aromatic nitrogens is 1. The van der Waals surface area contributed by atoms with Crippen LogP contribution in [0, 0.1) is 0 Å². The molecule has 104 valence electrons. The van der Waals surface area contributed by atoms with Gasteiger partial charge in [-0.25, -0.2) is 0 Å². The minimum atomic E-state index is -0.0391. The Morgan fingerprint density at radius 1 is 1.20 bits per heavy atom. The number of amides is 1. The summed E-state index contributed by atoms with van der Waals surface area (Å²) in [6, 6.07) is 13.1. The average molecular weight is 270 g/mol. The van der Waals surface area contributed by atoms with Gasteiger partial charge in [0.25, 0.3) is 0 Å². The maximum absolute atomic E-state index is 11.9. The summed E-state index contributed by atoms with van der Waals surface area (Å²) in [5.41, 5.74) is 1.63. The second-order valence-electron chi connectivity index (χ2n) is 4.30. The lowest BCUT2D eigenvalue weighted by molar-refractivity contribution is -0.116. The maximum atomic E-state index is 11.9. The van der Waals surface area contributed by atoms with Gasteiger partial charge in [-0.05, 0) is 37.6 Å². The van der Waals surface area contributed by atoms with E-state index in [4.69, 9.17) is 4.74 Å². The van der Waals surface area contributed by atoms with Crippen LogP contribution in [-0.4, -0.2) is 17.5 Å².